The van der Waals surface area contributed by atoms with Crippen LogP contribution in [0.3, 0.4) is 0 Å². The fourth-order valence-electron chi connectivity index (χ4n) is 3.03. The van der Waals surface area contributed by atoms with Crippen molar-refractivity contribution >= 4 is 11.8 Å². The molecule has 0 atom stereocenters. The Morgan fingerprint density at radius 1 is 0.962 bits per heavy atom. The first kappa shape index (κ1) is 19.4. The molecule has 0 bridgehead atoms. The van der Waals surface area contributed by atoms with Gasteiger partial charge in [-0.1, -0.05) is 0 Å². The summed E-state index contributed by atoms with van der Waals surface area (Å²) in [5.41, 5.74) is 7.61. The number of ether oxygens (including phenoxy) is 2. The maximum absolute atomic E-state index is 12.4. The highest BCUT2D eigenvalue weighted by Crippen LogP contribution is 2.27. The average Bonchev–Trinajstić information content (AvgIpc) is 2.93. The van der Waals surface area contributed by atoms with Gasteiger partial charge in [-0.2, -0.15) is 0 Å². The second-order valence-corrected chi connectivity index (χ2v) is 6.23. The van der Waals surface area contributed by atoms with Crippen molar-refractivity contribution < 1.29 is 19.1 Å². The molecule has 2 rings (SSSR count). The van der Waals surface area contributed by atoms with Crippen LogP contribution in [0, 0.1) is 13.8 Å². The Morgan fingerprint density at radius 2 is 1.58 bits per heavy atom. The Balaban J connectivity index is 2.10. The van der Waals surface area contributed by atoms with E-state index in [4.69, 9.17) is 9.47 Å². The SMILES string of the molecule is COc1ccc(C(=O)NNC(=O)c2cc(C)n(C(C)C)c2C)cc1OC. The highest BCUT2D eigenvalue weighted by molar-refractivity contribution is 6.00. The number of amides is 2. The molecular weight excluding hydrogens is 334 g/mol. The number of carbonyl (C=O) groups excluding carboxylic acids is 2. The summed E-state index contributed by atoms with van der Waals surface area (Å²) in [5.74, 6) is 0.150. The van der Waals surface area contributed by atoms with Crippen molar-refractivity contribution in [2.24, 2.45) is 0 Å². The lowest BCUT2D eigenvalue weighted by Crippen LogP contribution is -2.41. The van der Waals surface area contributed by atoms with Crippen LogP contribution in [-0.4, -0.2) is 30.6 Å². The maximum atomic E-state index is 12.4. The number of aryl methyl sites for hydroxylation is 1. The summed E-state index contributed by atoms with van der Waals surface area (Å²) in [6.07, 6.45) is 0. The molecule has 0 spiro atoms. The van der Waals surface area contributed by atoms with Crippen LogP contribution in [0.2, 0.25) is 0 Å². The summed E-state index contributed by atoms with van der Waals surface area (Å²) >= 11 is 0. The number of hydrazine groups is 1. The van der Waals surface area contributed by atoms with Gasteiger partial charge in [0.2, 0.25) is 0 Å². The van der Waals surface area contributed by atoms with Crippen molar-refractivity contribution in [1.29, 1.82) is 0 Å². The lowest BCUT2D eigenvalue weighted by Gasteiger charge is -2.14. The maximum Gasteiger partial charge on any atom is 0.271 e. The first-order valence-corrected chi connectivity index (χ1v) is 8.31. The van der Waals surface area contributed by atoms with Crippen molar-refractivity contribution in [2.75, 3.05) is 14.2 Å². The van der Waals surface area contributed by atoms with Crippen LogP contribution < -0.4 is 20.3 Å². The number of hydrogen-bond donors (Lipinski definition) is 2. The molecule has 1 aromatic carbocycles. The molecule has 2 N–H and O–H groups in total. The number of nitrogens with one attached hydrogen (secondary N) is 2. The molecule has 2 amide bonds. The second-order valence-electron chi connectivity index (χ2n) is 6.23. The fraction of sp³-hybridized carbons (Fsp3) is 0.368. The minimum Gasteiger partial charge on any atom is -0.493 e. The molecule has 0 aliphatic carbocycles. The summed E-state index contributed by atoms with van der Waals surface area (Å²) in [6.45, 7) is 7.95. The predicted octanol–water partition coefficient (Wildman–Crippen LogP) is 2.78. The number of benzene rings is 1. The lowest BCUT2D eigenvalue weighted by atomic mass is 10.2. The van der Waals surface area contributed by atoms with Crippen LogP contribution in [0.5, 0.6) is 11.5 Å². The molecule has 7 heteroatoms. The molecule has 0 aliphatic heterocycles. The topological polar surface area (TPSA) is 81.6 Å². The number of aromatic nitrogens is 1. The van der Waals surface area contributed by atoms with E-state index in [1.807, 2.05) is 19.9 Å². The molecular formula is C19H25N3O4. The van der Waals surface area contributed by atoms with E-state index < -0.39 is 5.91 Å². The molecule has 7 nitrogen and oxygen atoms in total. The fourth-order valence-corrected chi connectivity index (χ4v) is 3.03. The molecule has 2 aromatic rings. The average molecular weight is 359 g/mol. The van der Waals surface area contributed by atoms with E-state index in [1.54, 1.807) is 18.2 Å². The van der Waals surface area contributed by atoms with Crippen molar-refractivity contribution in [3.8, 4) is 11.5 Å². The zero-order valence-electron chi connectivity index (χ0n) is 16.0. The van der Waals surface area contributed by atoms with E-state index in [2.05, 4.69) is 29.3 Å². The number of nitrogens with zero attached hydrogens (tertiary/aromatic N) is 1. The van der Waals surface area contributed by atoms with E-state index >= 15 is 0 Å². The Bertz CT molecular complexity index is 824. The van der Waals surface area contributed by atoms with E-state index in [0.29, 0.717) is 22.6 Å². The molecule has 0 unspecified atom stereocenters. The number of hydrogen-bond acceptors (Lipinski definition) is 4. The number of methoxy groups -OCH3 is 2. The zero-order chi connectivity index (χ0) is 19.4. The van der Waals surface area contributed by atoms with E-state index in [0.717, 1.165) is 11.4 Å². The Morgan fingerprint density at radius 3 is 2.12 bits per heavy atom. The highest BCUT2D eigenvalue weighted by atomic mass is 16.5. The minimum absolute atomic E-state index is 0.248. The van der Waals surface area contributed by atoms with Crippen molar-refractivity contribution in [3.63, 3.8) is 0 Å². The van der Waals surface area contributed by atoms with Gasteiger partial charge in [-0.05, 0) is 52.0 Å². The third-order valence-electron chi connectivity index (χ3n) is 4.18. The van der Waals surface area contributed by atoms with Gasteiger partial charge >= 0.3 is 0 Å². The smallest absolute Gasteiger partial charge is 0.271 e. The minimum atomic E-state index is -0.447. The molecule has 26 heavy (non-hydrogen) atoms. The normalized spacial score (nSPS) is 10.6. The van der Waals surface area contributed by atoms with Crippen LogP contribution in [0.15, 0.2) is 24.3 Å². The zero-order valence-corrected chi connectivity index (χ0v) is 16.0. The van der Waals surface area contributed by atoms with Crippen LogP contribution in [0.25, 0.3) is 0 Å². The summed E-state index contributed by atoms with van der Waals surface area (Å²) in [4.78, 5) is 24.7. The van der Waals surface area contributed by atoms with Crippen LogP contribution in [-0.2, 0) is 0 Å². The van der Waals surface area contributed by atoms with Crippen LogP contribution in [0.4, 0.5) is 0 Å². The Kier molecular flexibility index (Phi) is 5.92. The first-order chi connectivity index (χ1) is 12.3. The van der Waals surface area contributed by atoms with E-state index in [1.165, 1.54) is 14.2 Å². The Labute approximate surface area is 153 Å². The number of carbonyl (C=O) groups is 2. The third-order valence-corrected chi connectivity index (χ3v) is 4.18. The largest absolute Gasteiger partial charge is 0.493 e. The van der Waals surface area contributed by atoms with Gasteiger partial charge in [-0.3, -0.25) is 20.4 Å². The molecule has 1 aromatic heterocycles. The van der Waals surface area contributed by atoms with Gasteiger partial charge in [0.15, 0.2) is 11.5 Å². The third kappa shape index (κ3) is 3.82. The summed E-state index contributed by atoms with van der Waals surface area (Å²) in [7, 11) is 3.01. The summed E-state index contributed by atoms with van der Waals surface area (Å²) in [6, 6.07) is 6.83. The molecule has 0 radical (unpaired) electrons. The monoisotopic (exact) mass is 359 g/mol. The van der Waals surface area contributed by atoms with Gasteiger partial charge in [0.1, 0.15) is 0 Å². The van der Waals surface area contributed by atoms with Gasteiger partial charge < -0.3 is 14.0 Å². The second kappa shape index (κ2) is 7.95. The lowest BCUT2D eigenvalue weighted by molar-refractivity contribution is 0.0846. The molecule has 1 heterocycles. The molecule has 0 aliphatic rings. The molecule has 0 fully saturated rings. The van der Waals surface area contributed by atoms with Crippen LogP contribution in [0.1, 0.15) is 52.0 Å². The molecule has 0 saturated carbocycles. The molecule has 0 saturated heterocycles. The van der Waals surface area contributed by atoms with Gasteiger partial charge in [0.25, 0.3) is 11.8 Å². The van der Waals surface area contributed by atoms with Crippen LogP contribution >= 0.6 is 0 Å². The predicted molar refractivity (Wildman–Crippen MR) is 98.8 cm³/mol. The van der Waals surface area contributed by atoms with Crippen molar-refractivity contribution in [1.82, 2.24) is 15.4 Å². The first-order valence-electron chi connectivity index (χ1n) is 8.31. The quantitative estimate of drug-likeness (QED) is 0.805. The van der Waals surface area contributed by atoms with E-state index in [-0.39, 0.29) is 11.9 Å². The Hall–Kier alpha value is -2.96. The summed E-state index contributed by atoms with van der Waals surface area (Å²) < 4.78 is 12.4. The van der Waals surface area contributed by atoms with E-state index in [9.17, 15) is 9.59 Å². The van der Waals surface area contributed by atoms with Gasteiger partial charge in [0.05, 0.1) is 19.8 Å². The van der Waals surface area contributed by atoms with Crippen molar-refractivity contribution in [2.45, 2.75) is 33.7 Å². The van der Waals surface area contributed by atoms with Gasteiger partial charge in [0, 0.05) is 23.0 Å². The summed E-state index contributed by atoms with van der Waals surface area (Å²) in [5, 5.41) is 0. The van der Waals surface area contributed by atoms with Crippen molar-refractivity contribution in [3.05, 3.63) is 46.8 Å². The highest BCUT2D eigenvalue weighted by Gasteiger charge is 2.18. The molecule has 140 valence electrons. The standard InChI is InChI=1S/C19H25N3O4/c1-11(2)22-12(3)9-15(13(22)4)19(24)21-20-18(23)14-7-8-16(25-5)17(10-14)26-6/h7-11H,1-6H3,(H,20,23)(H,21,24). The van der Waals surface area contributed by atoms with Gasteiger partial charge in [-0.25, -0.2) is 0 Å². The number of rotatable bonds is 5. The van der Waals surface area contributed by atoms with Gasteiger partial charge in [-0.15, -0.1) is 0 Å².